The molecule has 20 heavy (non-hydrogen) atoms. The van der Waals surface area contributed by atoms with Gasteiger partial charge in [0, 0.05) is 25.6 Å². The Balaban J connectivity index is 2.26. The molecule has 2 rings (SSSR count). The Bertz CT molecular complexity index is 571. The van der Waals surface area contributed by atoms with Gasteiger partial charge in [-0.05, 0) is 36.2 Å². The van der Waals surface area contributed by atoms with E-state index in [0.717, 1.165) is 12.0 Å². The standard InChI is InChI=1S/C15H18N4O/c1-3-13(11-6-9-17-10-7-11)19-14-12(15(20)16-2)5-4-8-18-14/h4-10,13H,3H2,1-2H3,(H,16,20)(H,18,19). The minimum absolute atomic E-state index is 0.0938. The van der Waals surface area contributed by atoms with Gasteiger partial charge < -0.3 is 10.6 Å². The molecule has 0 fully saturated rings. The maximum Gasteiger partial charge on any atom is 0.254 e. The molecule has 5 heteroatoms. The second-order valence-corrected chi connectivity index (χ2v) is 4.36. The van der Waals surface area contributed by atoms with Crippen LogP contribution in [0.3, 0.4) is 0 Å². The third kappa shape index (κ3) is 3.12. The number of aromatic nitrogens is 2. The van der Waals surface area contributed by atoms with Gasteiger partial charge in [0.15, 0.2) is 0 Å². The van der Waals surface area contributed by atoms with Crippen LogP contribution >= 0.6 is 0 Å². The minimum Gasteiger partial charge on any atom is -0.363 e. The highest BCUT2D eigenvalue weighted by Crippen LogP contribution is 2.22. The summed E-state index contributed by atoms with van der Waals surface area (Å²) < 4.78 is 0. The van der Waals surface area contributed by atoms with Crippen LogP contribution in [0.15, 0.2) is 42.9 Å². The fourth-order valence-electron chi connectivity index (χ4n) is 2.02. The summed E-state index contributed by atoms with van der Waals surface area (Å²) in [7, 11) is 1.61. The summed E-state index contributed by atoms with van der Waals surface area (Å²) in [4.78, 5) is 20.1. The van der Waals surface area contributed by atoms with Crippen molar-refractivity contribution in [1.82, 2.24) is 15.3 Å². The number of pyridine rings is 2. The predicted molar refractivity (Wildman–Crippen MR) is 78.5 cm³/mol. The summed E-state index contributed by atoms with van der Waals surface area (Å²) >= 11 is 0. The number of anilines is 1. The molecule has 0 saturated carbocycles. The fourth-order valence-corrected chi connectivity index (χ4v) is 2.02. The van der Waals surface area contributed by atoms with Crippen molar-refractivity contribution in [3.8, 4) is 0 Å². The second-order valence-electron chi connectivity index (χ2n) is 4.36. The quantitative estimate of drug-likeness (QED) is 0.875. The van der Waals surface area contributed by atoms with Gasteiger partial charge in [-0.2, -0.15) is 0 Å². The molecule has 2 aromatic rings. The van der Waals surface area contributed by atoms with E-state index in [2.05, 4.69) is 27.5 Å². The van der Waals surface area contributed by atoms with Crippen LogP contribution in [-0.2, 0) is 0 Å². The van der Waals surface area contributed by atoms with Crippen molar-refractivity contribution in [2.75, 3.05) is 12.4 Å². The molecule has 1 atom stereocenters. The Labute approximate surface area is 118 Å². The molecule has 0 saturated heterocycles. The SMILES string of the molecule is CCC(Nc1ncccc1C(=O)NC)c1ccncc1. The van der Waals surface area contributed by atoms with Crippen molar-refractivity contribution < 1.29 is 4.79 Å². The Morgan fingerprint density at radius 3 is 2.65 bits per heavy atom. The second kappa shape index (κ2) is 6.65. The van der Waals surface area contributed by atoms with Crippen LogP contribution < -0.4 is 10.6 Å². The van der Waals surface area contributed by atoms with Gasteiger partial charge >= 0.3 is 0 Å². The molecular formula is C15H18N4O. The number of nitrogens with one attached hydrogen (secondary N) is 2. The van der Waals surface area contributed by atoms with Crippen molar-refractivity contribution in [3.63, 3.8) is 0 Å². The lowest BCUT2D eigenvalue weighted by molar-refractivity contribution is 0.0963. The Morgan fingerprint density at radius 2 is 2.00 bits per heavy atom. The van der Waals surface area contributed by atoms with E-state index in [1.807, 2.05) is 12.1 Å². The number of carbonyl (C=O) groups excluding carboxylic acids is 1. The summed E-state index contributed by atoms with van der Waals surface area (Å²) in [5, 5.41) is 5.95. The Morgan fingerprint density at radius 1 is 1.25 bits per heavy atom. The van der Waals surface area contributed by atoms with Gasteiger partial charge in [0.05, 0.1) is 11.6 Å². The predicted octanol–water partition coefficient (Wildman–Crippen LogP) is 2.40. The van der Waals surface area contributed by atoms with Crippen LogP contribution in [0.5, 0.6) is 0 Å². The molecule has 0 aromatic carbocycles. The first-order valence-electron chi connectivity index (χ1n) is 6.59. The highest BCUT2D eigenvalue weighted by molar-refractivity contribution is 5.98. The molecule has 104 valence electrons. The van der Waals surface area contributed by atoms with Crippen LogP contribution in [-0.4, -0.2) is 22.9 Å². The highest BCUT2D eigenvalue weighted by Gasteiger charge is 2.15. The molecule has 2 aromatic heterocycles. The molecule has 2 heterocycles. The zero-order chi connectivity index (χ0) is 14.4. The van der Waals surface area contributed by atoms with E-state index in [0.29, 0.717) is 11.4 Å². The number of amides is 1. The van der Waals surface area contributed by atoms with E-state index >= 15 is 0 Å². The smallest absolute Gasteiger partial charge is 0.254 e. The van der Waals surface area contributed by atoms with Gasteiger partial charge in [0.25, 0.3) is 5.91 Å². The largest absolute Gasteiger partial charge is 0.363 e. The lowest BCUT2D eigenvalue weighted by Crippen LogP contribution is -2.21. The van der Waals surface area contributed by atoms with E-state index in [9.17, 15) is 4.79 Å². The third-order valence-corrected chi connectivity index (χ3v) is 3.11. The lowest BCUT2D eigenvalue weighted by Gasteiger charge is -2.19. The molecule has 5 nitrogen and oxygen atoms in total. The molecule has 2 N–H and O–H groups in total. The van der Waals surface area contributed by atoms with Gasteiger partial charge in [0.1, 0.15) is 5.82 Å². The maximum absolute atomic E-state index is 11.8. The first-order valence-corrected chi connectivity index (χ1v) is 6.59. The molecule has 0 aliphatic rings. The van der Waals surface area contributed by atoms with Crippen molar-refractivity contribution in [3.05, 3.63) is 54.0 Å². The number of hydrogen-bond acceptors (Lipinski definition) is 4. The van der Waals surface area contributed by atoms with Gasteiger partial charge in [-0.1, -0.05) is 6.92 Å². The molecule has 0 bridgehead atoms. The molecular weight excluding hydrogens is 252 g/mol. The van der Waals surface area contributed by atoms with Crippen LogP contribution in [0, 0.1) is 0 Å². The van der Waals surface area contributed by atoms with Gasteiger partial charge in [-0.15, -0.1) is 0 Å². The Hall–Kier alpha value is -2.43. The average Bonchev–Trinajstić information content (AvgIpc) is 2.53. The van der Waals surface area contributed by atoms with Gasteiger partial charge in [0.2, 0.25) is 0 Å². The molecule has 0 radical (unpaired) electrons. The van der Waals surface area contributed by atoms with Crippen LogP contribution in [0.2, 0.25) is 0 Å². The maximum atomic E-state index is 11.8. The Kier molecular flexibility index (Phi) is 4.65. The first-order chi connectivity index (χ1) is 9.76. The first kappa shape index (κ1) is 14.0. The van der Waals surface area contributed by atoms with E-state index < -0.39 is 0 Å². The van der Waals surface area contributed by atoms with E-state index in [1.54, 1.807) is 37.8 Å². The summed E-state index contributed by atoms with van der Waals surface area (Å²) in [6.45, 7) is 2.08. The van der Waals surface area contributed by atoms with Crippen molar-refractivity contribution in [1.29, 1.82) is 0 Å². The summed E-state index contributed by atoms with van der Waals surface area (Å²) in [5.74, 6) is 0.445. The topological polar surface area (TPSA) is 66.9 Å². The van der Waals surface area contributed by atoms with Crippen LogP contribution in [0.4, 0.5) is 5.82 Å². The van der Waals surface area contributed by atoms with Gasteiger partial charge in [-0.3, -0.25) is 9.78 Å². The van der Waals surface area contributed by atoms with Crippen LogP contribution in [0.1, 0.15) is 35.3 Å². The zero-order valence-corrected chi connectivity index (χ0v) is 11.6. The van der Waals surface area contributed by atoms with Crippen molar-refractivity contribution in [2.24, 2.45) is 0 Å². The monoisotopic (exact) mass is 270 g/mol. The highest BCUT2D eigenvalue weighted by atomic mass is 16.1. The summed E-state index contributed by atoms with van der Waals surface area (Å²) in [5.41, 5.74) is 1.67. The van der Waals surface area contributed by atoms with Crippen molar-refractivity contribution >= 4 is 11.7 Å². The van der Waals surface area contributed by atoms with Crippen LogP contribution in [0.25, 0.3) is 0 Å². The van der Waals surface area contributed by atoms with Gasteiger partial charge in [-0.25, -0.2) is 4.98 Å². The fraction of sp³-hybridized carbons (Fsp3) is 0.267. The molecule has 1 unspecified atom stereocenters. The zero-order valence-electron chi connectivity index (χ0n) is 11.6. The number of hydrogen-bond donors (Lipinski definition) is 2. The molecule has 0 aliphatic carbocycles. The van der Waals surface area contributed by atoms with E-state index in [4.69, 9.17) is 0 Å². The minimum atomic E-state index is -0.148. The number of carbonyl (C=O) groups is 1. The average molecular weight is 270 g/mol. The third-order valence-electron chi connectivity index (χ3n) is 3.11. The number of nitrogens with zero attached hydrogens (tertiary/aromatic N) is 2. The summed E-state index contributed by atoms with van der Waals surface area (Å²) in [6.07, 6.45) is 6.08. The normalized spacial score (nSPS) is 11.7. The lowest BCUT2D eigenvalue weighted by atomic mass is 10.1. The molecule has 0 aliphatic heterocycles. The van der Waals surface area contributed by atoms with Crippen molar-refractivity contribution in [2.45, 2.75) is 19.4 Å². The molecule has 1 amide bonds. The number of rotatable bonds is 5. The van der Waals surface area contributed by atoms with E-state index in [1.165, 1.54) is 0 Å². The summed E-state index contributed by atoms with van der Waals surface area (Å²) in [6, 6.07) is 7.53. The van der Waals surface area contributed by atoms with E-state index in [-0.39, 0.29) is 11.9 Å². The molecule has 0 spiro atoms.